The summed E-state index contributed by atoms with van der Waals surface area (Å²) >= 11 is 1.22. The van der Waals surface area contributed by atoms with Crippen molar-refractivity contribution < 1.29 is 14.4 Å². The molecule has 0 spiro atoms. The second-order valence-electron chi connectivity index (χ2n) is 4.06. The lowest BCUT2D eigenvalue weighted by Gasteiger charge is -2.28. The molecule has 96 valence electrons. The van der Waals surface area contributed by atoms with Gasteiger partial charge in [-0.2, -0.15) is 0 Å². The molecule has 1 aromatic heterocycles. The van der Waals surface area contributed by atoms with E-state index in [0.717, 1.165) is 4.90 Å². The van der Waals surface area contributed by atoms with Crippen LogP contribution in [0.5, 0.6) is 0 Å². The van der Waals surface area contributed by atoms with Gasteiger partial charge in [-0.25, -0.2) is 0 Å². The Hall–Kier alpha value is -1.89. The highest BCUT2D eigenvalue weighted by atomic mass is 32.1. The van der Waals surface area contributed by atoms with E-state index in [0.29, 0.717) is 17.0 Å². The van der Waals surface area contributed by atoms with Crippen molar-refractivity contribution in [1.29, 1.82) is 0 Å². The third-order valence-corrected chi connectivity index (χ3v) is 3.79. The molecular formula is C11H13N3O3S. The molecule has 1 aromatic rings. The standard InChI is InChI=1S/C11H13N3O3S/c1-14-8(15)3-2-7(11(14)17)13-10(16)9-6(12)4-5-18-9/h4-5,7H,2-3,12H2,1H3,(H,13,16). The molecule has 6 nitrogen and oxygen atoms in total. The molecule has 1 aliphatic rings. The van der Waals surface area contributed by atoms with Gasteiger partial charge in [0, 0.05) is 13.5 Å². The van der Waals surface area contributed by atoms with Crippen molar-refractivity contribution in [2.75, 3.05) is 12.8 Å². The fourth-order valence-electron chi connectivity index (χ4n) is 1.78. The van der Waals surface area contributed by atoms with Gasteiger partial charge in [0.2, 0.25) is 5.91 Å². The number of imide groups is 1. The van der Waals surface area contributed by atoms with E-state index >= 15 is 0 Å². The van der Waals surface area contributed by atoms with Crippen LogP contribution in [0, 0.1) is 0 Å². The molecule has 7 heteroatoms. The Morgan fingerprint density at radius 1 is 1.56 bits per heavy atom. The van der Waals surface area contributed by atoms with Crippen molar-refractivity contribution in [3.8, 4) is 0 Å². The number of nitrogens with zero attached hydrogens (tertiary/aromatic N) is 1. The highest BCUT2D eigenvalue weighted by Crippen LogP contribution is 2.19. The summed E-state index contributed by atoms with van der Waals surface area (Å²) in [6.45, 7) is 0. The zero-order chi connectivity index (χ0) is 13.3. The second-order valence-corrected chi connectivity index (χ2v) is 4.98. The van der Waals surface area contributed by atoms with Gasteiger partial charge < -0.3 is 11.1 Å². The van der Waals surface area contributed by atoms with Gasteiger partial charge in [0.05, 0.1) is 5.69 Å². The van der Waals surface area contributed by atoms with E-state index in [2.05, 4.69) is 5.32 Å². The summed E-state index contributed by atoms with van der Waals surface area (Å²) in [5, 5.41) is 4.32. The third kappa shape index (κ3) is 2.21. The molecule has 1 unspecified atom stereocenters. The van der Waals surface area contributed by atoms with Gasteiger partial charge in [0.15, 0.2) is 0 Å². The summed E-state index contributed by atoms with van der Waals surface area (Å²) in [7, 11) is 1.42. The molecule has 1 saturated heterocycles. The Morgan fingerprint density at radius 3 is 2.89 bits per heavy atom. The minimum atomic E-state index is -0.651. The maximum atomic E-state index is 11.9. The van der Waals surface area contributed by atoms with Crippen LogP contribution in [0.25, 0.3) is 0 Å². The maximum absolute atomic E-state index is 11.9. The molecule has 3 amide bonds. The zero-order valence-electron chi connectivity index (χ0n) is 9.80. The van der Waals surface area contributed by atoms with E-state index in [-0.39, 0.29) is 24.1 Å². The molecular weight excluding hydrogens is 254 g/mol. The van der Waals surface area contributed by atoms with Crippen LogP contribution in [-0.4, -0.2) is 35.7 Å². The van der Waals surface area contributed by atoms with Crippen LogP contribution in [-0.2, 0) is 9.59 Å². The first-order chi connectivity index (χ1) is 8.50. The second kappa shape index (κ2) is 4.77. The van der Waals surface area contributed by atoms with Gasteiger partial charge in [-0.05, 0) is 17.9 Å². The van der Waals surface area contributed by atoms with Crippen LogP contribution in [0.1, 0.15) is 22.5 Å². The number of likely N-dealkylation sites (tertiary alicyclic amines) is 1. The number of nitrogen functional groups attached to an aromatic ring is 1. The number of hydrogen-bond donors (Lipinski definition) is 2. The first-order valence-corrected chi connectivity index (χ1v) is 6.33. The average Bonchev–Trinajstić information content (AvgIpc) is 2.76. The molecule has 0 saturated carbocycles. The normalized spacial score (nSPS) is 20.1. The number of carbonyl (C=O) groups excluding carboxylic acids is 3. The van der Waals surface area contributed by atoms with Gasteiger partial charge in [-0.1, -0.05) is 0 Å². The van der Waals surface area contributed by atoms with Crippen molar-refractivity contribution in [3.63, 3.8) is 0 Å². The van der Waals surface area contributed by atoms with Crippen LogP contribution in [0.3, 0.4) is 0 Å². The number of amides is 3. The summed E-state index contributed by atoms with van der Waals surface area (Å²) in [5.41, 5.74) is 6.02. The van der Waals surface area contributed by atoms with Crippen LogP contribution < -0.4 is 11.1 Å². The minimum absolute atomic E-state index is 0.221. The fraction of sp³-hybridized carbons (Fsp3) is 0.364. The number of piperidine rings is 1. The maximum Gasteiger partial charge on any atom is 0.264 e. The van der Waals surface area contributed by atoms with Crippen LogP contribution in [0.2, 0.25) is 0 Å². The van der Waals surface area contributed by atoms with E-state index in [1.807, 2.05) is 0 Å². The molecule has 2 rings (SSSR count). The van der Waals surface area contributed by atoms with Crippen molar-refractivity contribution >= 4 is 34.7 Å². The van der Waals surface area contributed by atoms with Crippen molar-refractivity contribution in [2.24, 2.45) is 0 Å². The SMILES string of the molecule is CN1C(=O)CCC(NC(=O)c2sccc2N)C1=O. The number of thiophene rings is 1. The van der Waals surface area contributed by atoms with Gasteiger partial charge in [-0.3, -0.25) is 19.3 Å². The van der Waals surface area contributed by atoms with E-state index in [9.17, 15) is 14.4 Å². The molecule has 0 aromatic carbocycles. The number of hydrogen-bond acceptors (Lipinski definition) is 5. The molecule has 0 radical (unpaired) electrons. The average molecular weight is 267 g/mol. The number of rotatable bonds is 2. The Balaban J connectivity index is 2.06. The summed E-state index contributed by atoms with van der Waals surface area (Å²) in [4.78, 5) is 36.4. The van der Waals surface area contributed by atoms with Crippen molar-refractivity contribution in [3.05, 3.63) is 16.3 Å². The molecule has 0 bridgehead atoms. The highest BCUT2D eigenvalue weighted by Gasteiger charge is 2.33. The van der Waals surface area contributed by atoms with Crippen LogP contribution in [0.4, 0.5) is 5.69 Å². The number of nitrogens with two attached hydrogens (primary N) is 1. The lowest BCUT2D eigenvalue weighted by Crippen LogP contribution is -2.52. The third-order valence-electron chi connectivity index (χ3n) is 2.86. The molecule has 3 N–H and O–H groups in total. The van der Waals surface area contributed by atoms with Gasteiger partial charge in [0.25, 0.3) is 11.8 Å². The molecule has 2 heterocycles. The summed E-state index contributed by atoms with van der Waals surface area (Å²) in [5.74, 6) is -0.973. The Kier molecular flexibility index (Phi) is 3.33. The van der Waals surface area contributed by atoms with Crippen molar-refractivity contribution in [1.82, 2.24) is 10.2 Å². The Bertz CT molecular complexity index is 511. The molecule has 0 aliphatic carbocycles. The Labute approximate surface area is 108 Å². The predicted octanol–water partition coefficient (Wildman–Crippen LogP) is 0.207. The number of likely N-dealkylation sites (N-methyl/N-ethyl adjacent to an activating group) is 1. The first kappa shape index (κ1) is 12.6. The highest BCUT2D eigenvalue weighted by molar-refractivity contribution is 7.12. The van der Waals surface area contributed by atoms with Gasteiger partial charge in [0.1, 0.15) is 10.9 Å². The first-order valence-electron chi connectivity index (χ1n) is 5.45. The summed E-state index contributed by atoms with van der Waals surface area (Å²) in [6.07, 6.45) is 0.589. The van der Waals surface area contributed by atoms with Crippen LogP contribution in [0.15, 0.2) is 11.4 Å². The number of anilines is 1. The smallest absolute Gasteiger partial charge is 0.264 e. The van der Waals surface area contributed by atoms with Gasteiger partial charge in [-0.15, -0.1) is 11.3 Å². The molecule has 1 fully saturated rings. The van der Waals surface area contributed by atoms with Crippen molar-refractivity contribution in [2.45, 2.75) is 18.9 Å². The number of nitrogens with one attached hydrogen (secondary N) is 1. The summed E-state index contributed by atoms with van der Waals surface area (Å²) < 4.78 is 0. The minimum Gasteiger partial charge on any atom is -0.397 e. The monoisotopic (exact) mass is 267 g/mol. The van der Waals surface area contributed by atoms with E-state index < -0.39 is 6.04 Å². The lowest BCUT2D eigenvalue weighted by molar-refractivity contribution is -0.147. The largest absolute Gasteiger partial charge is 0.397 e. The van der Waals surface area contributed by atoms with E-state index in [1.165, 1.54) is 18.4 Å². The Morgan fingerprint density at radius 2 is 2.28 bits per heavy atom. The fourth-order valence-corrected chi connectivity index (χ4v) is 2.50. The van der Waals surface area contributed by atoms with E-state index in [1.54, 1.807) is 11.4 Å². The lowest BCUT2D eigenvalue weighted by atomic mass is 10.0. The van der Waals surface area contributed by atoms with Gasteiger partial charge >= 0.3 is 0 Å². The molecule has 18 heavy (non-hydrogen) atoms. The number of carbonyl (C=O) groups is 3. The zero-order valence-corrected chi connectivity index (χ0v) is 10.6. The summed E-state index contributed by atoms with van der Waals surface area (Å²) in [6, 6.07) is 0.986. The quantitative estimate of drug-likeness (QED) is 0.749. The topological polar surface area (TPSA) is 92.5 Å². The molecule has 1 aliphatic heterocycles. The van der Waals surface area contributed by atoms with Crippen LogP contribution >= 0.6 is 11.3 Å². The van der Waals surface area contributed by atoms with E-state index in [4.69, 9.17) is 5.73 Å². The predicted molar refractivity (Wildman–Crippen MR) is 67.0 cm³/mol. The molecule has 1 atom stereocenters.